The molecule has 0 saturated heterocycles. The van der Waals surface area contributed by atoms with Gasteiger partial charge >= 0.3 is 0 Å². The van der Waals surface area contributed by atoms with Crippen LogP contribution in [0, 0.1) is 18.2 Å². The monoisotopic (exact) mass is 509 g/mol. The summed E-state index contributed by atoms with van der Waals surface area (Å²) in [4.78, 5) is 25.5. The largest absolute Gasteiger partial charge is 0.491 e. The zero-order chi connectivity index (χ0) is 26.6. The number of hydrogen-bond acceptors (Lipinski definition) is 5. The molecule has 0 spiro atoms. The summed E-state index contributed by atoms with van der Waals surface area (Å²) in [6.07, 6.45) is 6.84. The molecule has 2 aliphatic rings. The van der Waals surface area contributed by atoms with E-state index in [-0.39, 0.29) is 44.1 Å². The van der Waals surface area contributed by atoms with Gasteiger partial charge in [-0.05, 0) is 54.5 Å². The van der Waals surface area contributed by atoms with Crippen molar-refractivity contribution in [1.29, 1.82) is 0 Å². The molecule has 2 aromatic carbocycles. The van der Waals surface area contributed by atoms with Crippen molar-refractivity contribution in [2.75, 3.05) is 13.2 Å². The van der Waals surface area contributed by atoms with E-state index in [1.54, 1.807) is 12.1 Å². The van der Waals surface area contributed by atoms with Gasteiger partial charge in [-0.1, -0.05) is 37.3 Å². The molecule has 0 aromatic heterocycles. The minimum Gasteiger partial charge on any atom is -0.491 e. The summed E-state index contributed by atoms with van der Waals surface area (Å²) in [6, 6.07) is 11.1. The van der Waals surface area contributed by atoms with Crippen LogP contribution in [0.2, 0.25) is 0 Å². The molecule has 2 heterocycles. The van der Waals surface area contributed by atoms with Crippen LogP contribution >= 0.6 is 0 Å². The number of amides is 2. The Balaban J connectivity index is 1.77. The molecule has 8 heteroatoms. The predicted molar refractivity (Wildman–Crippen MR) is 140 cm³/mol. The van der Waals surface area contributed by atoms with E-state index < -0.39 is 29.9 Å². The number of halogens is 1. The highest BCUT2D eigenvalue weighted by Crippen LogP contribution is 2.20. The predicted octanol–water partition coefficient (Wildman–Crippen LogP) is 2.64. The number of nitrogens with one attached hydrogen (secondary N) is 3. The van der Waals surface area contributed by atoms with Crippen LogP contribution in [0.5, 0.6) is 5.75 Å². The lowest BCUT2D eigenvalue weighted by Crippen LogP contribution is -2.54. The van der Waals surface area contributed by atoms with Crippen LogP contribution in [0.1, 0.15) is 49.3 Å². The smallest absolute Gasteiger partial charge is 0.243 e. The summed E-state index contributed by atoms with van der Waals surface area (Å²) in [6.45, 7) is 3.10. The minimum absolute atomic E-state index is 0.0127. The van der Waals surface area contributed by atoms with E-state index >= 15 is 0 Å². The Hall–Kier alpha value is -3.41. The summed E-state index contributed by atoms with van der Waals surface area (Å²) >= 11 is 0. The second-order valence-electron chi connectivity index (χ2n) is 9.29. The normalized spacial score (nSPS) is 19.8. The highest BCUT2D eigenvalue weighted by Gasteiger charge is 2.27. The molecule has 0 radical (unpaired) electrons. The van der Waals surface area contributed by atoms with E-state index in [0.29, 0.717) is 24.9 Å². The molecule has 0 fully saturated rings. The Bertz CT molecular complexity index is 1100. The third-order valence-electron chi connectivity index (χ3n) is 6.36. The number of benzene rings is 2. The van der Waals surface area contributed by atoms with Crippen molar-refractivity contribution in [2.24, 2.45) is 0 Å². The average Bonchev–Trinajstić information content (AvgIpc) is 2.88. The van der Waals surface area contributed by atoms with Crippen molar-refractivity contribution < 1.29 is 23.8 Å². The van der Waals surface area contributed by atoms with Gasteiger partial charge in [0.1, 0.15) is 6.04 Å². The molecule has 4 N–H and O–H groups in total. The van der Waals surface area contributed by atoms with E-state index in [1.807, 2.05) is 12.1 Å². The molecule has 7 nitrogen and oxygen atoms in total. The lowest BCUT2D eigenvalue weighted by molar-refractivity contribution is -0.129. The van der Waals surface area contributed by atoms with Gasteiger partial charge in [-0.15, -0.1) is 12.3 Å². The summed E-state index contributed by atoms with van der Waals surface area (Å²) in [7, 11) is 0. The number of rotatable bonds is 7. The van der Waals surface area contributed by atoms with Gasteiger partial charge in [-0.25, -0.2) is 4.39 Å². The summed E-state index contributed by atoms with van der Waals surface area (Å²) < 4.78 is 20.2. The van der Waals surface area contributed by atoms with Crippen molar-refractivity contribution in [3.8, 4) is 18.1 Å². The van der Waals surface area contributed by atoms with Crippen molar-refractivity contribution >= 4 is 11.8 Å². The lowest BCUT2D eigenvalue weighted by Gasteiger charge is -2.27. The molecule has 2 aliphatic heterocycles. The number of fused-ring (bicyclic) bond motifs is 13. The fraction of sp³-hybridized carbons (Fsp3) is 0.448. The van der Waals surface area contributed by atoms with Crippen LogP contribution in [0.4, 0.5) is 4.39 Å². The molecule has 3 atom stereocenters. The molecule has 0 aliphatic carbocycles. The number of carbonyl (C=O) groups is 2. The fourth-order valence-electron chi connectivity index (χ4n) is 4.24. The summed E-state index contributed by atoms with van der Waals surface area (Å²) in [5.41, 5.74) is 2.90. The molecule has 2 amide bonds. The van der Waals surface area contributed by atoms with E-state index in [1.165, 1.54) is 11.6 Å². The van der Waals surface area contributed by atoms with Gasteiger partial charge < -0.3 is 25.8 Å². The lowest BCUT2D eigenvalue weighted by atomic mass is 9.99. The molecule has 37 heavy (non-hydrogen) atoms. The third kappa shape index (κ3) is 8.88. The van der Waals surface area contributed by atoms with Crippen molar-refractivity contribution in [3.05, 3.63) is 65.0 Å². The Morgan fingerprint density at radius 3 is 2.76 bits per heavy atom. The Morgan fingerprint density at radius 2 is 2.00 bits per heavy atom. The van der Waals surface area contributed by atoms with Gasteiger partial charge in [0.05, 0.1) is 18.8 Å². The molecule has 2 aromatic rings. The van der Waals surface area contributed by atoms with Crippen LogP contribution in [0.25, 0.3) is 0 Å². The zero-order valence-electron chi connectivity index (χ0n) is 21.3. The van der Waals surface area contributed by atoms with Gasteiger partial charge in [-0.3, -0.25) is 9.59 Å². The molecular weight excluding hydrogens is 473 g/mol. The topological polar surface area (TPSA) is 99.7 Å². The van der Waals surface area contributed by atoms with Gasteiger partial charge in [-0.2, -0.15) is 0 Å². The Labute approximate surface area is 218 Å². The van der Waals surface area contributed by atoms with Crippen molar-refractivity contribution in [3.63, 3.8) is 0 Å². The standard InChI is InChI=1S/C29H36FN3O4/c1-3-8-24-29(36)33-25(26(34)19-31-18-22-10-7-9-20(4-2)15-22)17-21-12-13-27(23(30)16-21)37-14-6-5-11-28(35)32-24/h1,7,9-10,12-13,15-16,24-26,31,34H,4-6,8,11,14,17-19H2,2H3,(H,32,35)(H,33,36). The maximum atomic E-state index is 14.7. The van der Waals surface area contributed by atoms with Crippen molar-refractivity contribution in [1.82, 2.24) is 16.0 Å². The first-order valence-electron chi connectivity index (χ1n) is 12.8. The Kier molecular flexibility index (Phi) is 10.9. The van der Waals surface area contributed by atoms with Crippen LogP contribution < -0.4 is 20.7 Å². The highest BCUT2D eigenvalue weighted by atomic mass is 19.1. The van der Waals surface area contributed by atoms with Crippen LogP contribution in [-0.2, 0) is 29.0 Å². The van der Waals surface area contributed by atoms with Gasteiger partial charge in [0.2, 0.25) is 11.8 Å². The molecular formula is C29H36FN3O4. The number of hydrogen-bond donors (Lipinski definition) is 4. The summed E-state index contributed by atoms with van der Waals surface area (Å²) in [5.74, 6) is 1.26. The number of aliphatic hydroxyl groups excluding tert-OH is 1. The molecule has 198 valence electrons. The fourth-order valence-corrected chi connectivity index (χ4v) is 4.24. The van der Waals surface area contributed by atoms with Crippen molar-refractivity contribution in [2.45, 2.75) is 70.2 Å². The second-order valence-corrected chi connectivity index (χ2v) is 9.29. The zero-order valence-corrected chi connectivity index (χ0v) is 21.3. The van der Waals surface area contributed by atoms with Gasteiger partial charge in [0, 0.05) is 25.9 Å². The summed E-state index contributed by atoms with van der Waals surface area (Å²) in [5, 5.41) is 19.8. The first-order chi connectivity index (χ1) is 17.9. The molecule has 3 unspecified atom stereocenters. The van der Waals surface area contributed by atoms with Crippen LogP contribution in [-0.4, -0.2) is 48.3 Å². The number of aliphatic hydroxyl groups is 1. The number of aryl methyl sites for hydroxylation is 1. The van der Waals surface area contributed by atoms with Crippen LogP contribution in [0.3, 0.4) is 0 Å². The minimum atomic E-state index is -0.988. The second kappa shape index (κ2) is 14.4. The number of terminal acetylenes is 1. The maximum absolute atomic E-state index is 14.7. The van der Waals surface area contributed by atoms with Gasteiger partial charge in [0.15, 0.2) is 11.6 Å². The van der Waals surface area contributed by atoms with Gasteiger partial charge in [0.25, 0.3) is 0 Å². The first kappa shape index (κ1) is 28.2. The van der Waals surface area contributed by atoms with E-state index in [9.17, 15) is 19.1 Å². The average molecular weight is 510 g/mol. The van der Waals surface area contributed by atoms with E-state index in [4.69, 9.17) is 11.2 Å². The maximum Gasteiger partial charge on any atom is 0.243 e. The molecule has 0 saturated carbocycles. The first-order valence-corrected chi connectivity index (χ1v) is 12.8. The number of carbonyl (C=O) groups excluding carboxylic acids is 2. The van der Waals surface area contributed by atoms with E-state index in [2.05, 4.69) is 40.9 Å². The SMILES string of the molecule is C#CCC1NC(=O)CCCCOc2ccc(cc2F)CC(C(O)CNCc2cccc(CC)c2)NC1=O. The third-order valence-corrected chi connectivity index (χ3v) is 6.36. The Morgan fingerprint density at radius 1 is 1.19 bits per heavy atom. The highest BCUT2D eigenvalue weighted by molar-refractivity contribution is 5.88. The van der Waals surface area contributed by atoms with Crippen LogP contribution in [0.15, 0.2) is 42.5 Å². The number of ether oxygens (including phenoxy) is 1. The quantitative estimate of drug-likeness (QED) is 0.430. The van der Waals surface area contributed by atoms with E-state index in [0.717, 1.165) is 12.0 Å². The molecule has 4 rings (SSSR count). The molecule has 2 bridgehead atoms.